The zero-order valence-corrected chi connectivity index (χ0v) is 14.3. The fraction of sp³-hybridized carbons (Fsp3) is 0.238. The summed E-state index contributed by atoms with van der Waals surface area (Å²) in [5.41, 5.74) is 2.28. The first-order chi connectivity index (χ1) is 12.7. The summed E-state index contributed by atoms with van der Waals surface area (Å²) >= 11 is 0. The molecule has 0 atom stereocenters. The Labute approximate surface area is 152 Å². The molecule has 1 aliphatic rings. The van der Waals surface area contributed by atoms with E-state index in [1.165, 1.54) is 6.07 Å². The van der Waals surface area contributed by atoms with Crippen LogP contribution in [0.4, 0.5) is 4.39 Å². The van der Waals surface area contributed by atoms with E-state index in [-0.39, 0.29) is 18.3 Å². The van der Waals surface area contributed by atoms with Crippen molar-refractivity contribution in [3.8, 4) is 11.8 Å². The SMILES string of the molecule is N#Cc1ccc(OCC(=O)N2CCC(=Cc3ccccc3F)CC2)cc1. The van der Waals surface area contributed by atoms with E-state index < -0.39 is 0 Å². The normalized spacial score (nSPS) is 13.8. The zero-order valence-electron chi connectivity index (χ0n) is 14.3. The predicted octanol–water partition coefficient (Wildman–Crippen LogP) is 3.78. The molecule has 5 heteroatoms. The molecule has 1 aliphatic heterocycles. The van der Waals surface area contributed by atoms with Crippen LogP contribution in [0.15, 0.2) is 54.1 Å². The lowest BCUT2D eigenvalue weighted by Gasteiger charge is -2.28. The maximum absolute atomic E-state index is 13.7. The molecule has 1 amide bonds. The number of hydrogen-bond donors (Lipinski definition) is 0. The molecule has 1 saturated heterocycles. The van der Waals surface area contributed by atoms with Gasteiger partial charge in [-0.3, -0.25) is 4.79 Å². The average molecular weight is 350 g/mol. The molecule has 0 aromatic heterocycles. The molecule has 0 spiro atoms. The second kappa shape index (κ2) is 8.30. The largest absolute Gasteiger partial charge is 0.484 e. The van der Waals surface area contributed by atoms with E-state index in [2.05, 4.69) is 0 Å². The summed E-state index contributed by atoms with van der Waals surface area (Å²) in [4.78, 5) is 14.0. The third-order valence-electron chi connectivity index (χ3n) is 4.37. The minimum atomic E-state index is -0.227. The summed E-state index contributed by atoms with van der Waals surface area (Å²) in [6.45, 7) is 1.18. The molecule has 132 valence electrons. The van der Waals surface area contributed by atoms with Gasteiger partial charge in [-0.1, -0.05) is 29.8 Å². The van der Waals surface area contributed by atoms with E-state index in [0.29, 0.717) is 30.0 Å². The molecule has 0 N–H and O–H groups in total. The van der Waals surface area contributed by atoms with Gasteiger partial charge in [0.25, 0.3) is 5.91 Å². The Morgan fingerprint density at radius 1 is 1.15 bits per heavy atom. The number of ether oxygens (including phenoxy) is 1. The van der Waals surface area contributed by atoms with Crippen molar-refractivity contribution in [3.05, 3.63) is 71.0 Å². The van der Waals surface area contributed by atoms with Crippen molar-refractivity contribution in [2.45, 2.75) is 12.8 Å². The van der Waals surface area contributed by atoms with E-state index in [0.717, 1.165) is 18.4 Å². The van der Waals surface area contributed by atoms with Gasteiger partial charge in [0.05, 0.1) is 11.6 Å². The molecule has 0 saturated carbocycles. The summed E-state index contributed by atoms with van der Waals surface area (Å²) in [6, 6.07) is 15.4. The van der Waals surface area contributed by atoms with Crippen LogP contribution in [0.25, 0.3) is 6.08 Å². The van der Waals surface area contributed by atoms with Crippen LogP contribution in [-0.4, -0.2) is 30.5 Å². The Bertz CT molecular complexity index is 843. The molecule has 26 heavy (non-hydrogen) atoms. The van der Waals surface area contributed by atoms with Crippen molar-refractivity contribution < 1.29 is 13.9 Å². The van der Waals surface area contributed by atoms with Crippen LogP contribution < -0.4 is 4.74 Å². The average Bonchev–Trinajstić information content (AvgIpc) is 2.69. The highest BCUT2D eigenvalue weighted by Crippen LogP contribution is 2.21. The van der Waals surface area contributed by atoms with Gasteiger partial charge in [-0.15, -0.1) is 0 Å². The number of carbonyl (C=O) groups excluding carboxylic acids is 1. The number of rotatable bonds is 4. The van der Waals surface area contributed by atoms with Crippen LogP contribution in [0.5, 0.6) is 5.75 Å². The second-order valence-electron chi connectivity index (χ2n) is 6.13. The van der Waals surface area contributed by atoms with Gasteiger partial charge in [-0.2, -0.15) is 5.26 Å². The van der Waals surface area contributed by atoms with Gasteiger partial charge < -0.3 is 9.64 Å². The Kier molecular flexibility index (Phi) is 5.65. The van der Waals surface area contributed by atoms with Gasteiger partial charge in [-0.25, -0.2) is 4.39 Å². The van der Waals surface area contributed by atoms with Crippen LogP contribution in [0.1, 0.15) is 24.0 Å². The standard InChI is InChI=1S/C21H19FN2O2/c22-20-4-2-1-3-18(20)13-16-9-11-24(12-10-16)21(25)15-26-19-7-5-17(14-23)6-8-19/h1-8,13H,9-12,15H2. The molecular formula is C21H19FN2O2. The van der Waals surface area contributed by atoms with Crippen molar-refractivity contribution in [1.29, 1.82) is 5.26 Å². The summed E-state index contributed by atoms with van der Waals surface area (Å²) in [5, 5.41) is 8.77. The molecule has 3 rings (SSSR count). The van der Waals surface area contributed by atoms with Gasteiger partial charge >= 0.3 is 0 Å². The van der Waals surface area contributed by atoms with Crippen LogP contribution in [0.3, 0.4) is 0 Å². The zero-order chi connectivity index (χ0) is 18.4. The minimum Gasteiger partial charge on any atom is -0.484 e. The van der Waals surface area contributed by atoms with Gasteiger partial charge in [0.1, 0.15) is 11.6 Å². The van der Waals surface area contributed by atoms with Crippen molar-refractivity contribution >= 4 is 12.0 Å². The number of nitriles is 1. The van der Waals surface area contributed by atoms with Crippen molar-refractivity contribution in [2.24, 2.45) is 0 Å². The molecule has 1 fully saturated rings. The van der Waals surface area contributed by atoms with Gasteiger partial charge in [0.2, 0.25) is 0 Å². The topological polar surface area (TPSA) is 53.3 Å². The van der Waals surface area contributed by atoms with E-state index in [4.69, 9.17) is 10.00 Å². The third-order valence-corrected chi connectivity index (χ3v) is 4.37. The molecule has 0 bridgehead atoms. The number of hydrogen-bond acceptors (Lipinski definition) is 3. The van der Waals surface area contributed by atoms with Crippen LogP contribution in [0.2, 0.25) is 0 Å². The highest BCUT2D eigenvalue weighted by atomic mass is 19.1. The number of benzene rings is 2. The lowest BCUT2D eigenvalue weighted by Crippen LogP contribution is -2.39. The highest BCUT2D eigenvalue weighted by Gasteiger charge is 2.19. The second-order valence-corrected chi connectivity index (χ2v) is 6.13. The number of carbonyl (C=O) groups is 1. The van der Waals surface area contributed by atoms with Crippen molar-refractivity contribution in [1.82, 2.24) is 4.90 Å². The molecule has 0 unspecified atom stereocenters. The maximum Gasteiger partial charge on any atom is 0.260 e. The third kappa shape index (κ3) is 4.48. The van der Waals surface area contributed by atoms with Crippen LogP contribution in [-0.2, 0) is 4.79 Å². The molecule has 0 radical (unpaired) electrons. The first kappa shape index (κ1) is 17.7. The highest BCUT2D eigenvalue weighted by molar-refractivity contribution is 5.78. The number of nitrogens with zero attached hydrogens (tertiary/aromatic N) is 2. The molecule has 1 heterocycles. The van der Waals surface area contributed by atoms with E-state index in [1.807, 2.05) is 18.2 Å². The quantitative estimate of drug-likeness (QED) is 0.843. The Hall–Kier alpha value is -3.13. The van der Waals surface area contributed by atoms with E-state index in [9.17, 15) is 9.18 Å². The predicted molar refractivity (Wildman–Crippen MR) is 96.8 cm³/mol. The summed E-state index contributed by atoms with van der Waals surface area (Å²) < 4.78 is 19.2. The Balaban J connectivity index is 1.50. The fourth-order valence-electron chi connectivity index (χ4n) is 2.86. The lowest BCUT2D eigenvalue weighted by atomic mass is 10.0. The van der Waals surface area contributed by atoms with Gasteiger partial charge in [-0.05, 0) is 43.2 Å². The Morgan fingerprint density at radius 3 is 2.50 bits per heavy atom. The minimum absolute atomic E-state index is 0.0295. The van der Waals surface area contributed by atoms with E-state index >= 15 is 0 Å². The van der Waals surface area contributed by atoms with E-state index in [1.54, 1.807) is 41.3 Å². The summed E-state index contributed by atoms with van der Waals surface area (Å²) in [6.07, 6.45) is 3.35. The molecule has 0 aliphatic carbocycles. The van der Waals surface area contributed by atoms with Crippen LogP contribution >= 0.6 is 0 Å². The number of piperidine rings is 1. The van der Waals surface area contributed by atoms with Crippen LogP contribution in [0, 0.1) is 17.1 Å². The molecular weight excluding hydrogens is 331 g/mol. The number of halogens is 1. The smallest absolute Gasteiger partial charge is 0.260 e. The first-order valence-corrected chi connectivity index (χ1v) is 8.50. The van der Waals surface area contributed by atoms with Gasteiger partial charge in [0.15, 0.2) is 6.61 Å². The van der Waals surface area contributed by atoms with Gasteiger partial charge in [0, 0.05) is 18.7 Å². The molecule has 4 nitrogen and oxygen atoms in total. The monoisotopic (exact) mass is 350 g/mol. The number of amides is 1. The number of likely N-dealkylation sites (tertiary alicyclic amines) is 1. The van der Waals surface area contributed by atoms with Crippen molar-refractivity contribution in [2.75, 3.05) is 19.7 Å². The van der Waals surface area contributed by atoms with Crippen molar-refractivity contribution in [3.63, 3.8) is 0 Å². The molecule has 2 aromatic rings. The maximum atomic E-state index is 13.7. The Morgan fingerprint density at radius 2 is 1.85 bits per heavy atom. The fourth-order valence-corrected chi connectivity index (χ4v) is 2.86. The summed E-state index contributed by atoms with van der Waals surface area (Å²) in [5.74, 6) is 0.267. The summed E-state index contributed by atoms with van der Waals surface area (Å²) in [7, 11) is 0. The lowest BCUT2D eigenvalue weighted by molar-refractivity contribution is -0.133. The molecule has 2 aromatic carbocycles. The first-order valence-electron chi connectivity index (χ1n) is 8.50.